The van der Waals surface area contributed by atoms with Crippen LogP contribution in [0.3, 0.4) is 0 Å². The molecule has 1 aromatic rings. The highest BCUT2D eigenvalue weighted by molar-refractivity contribution is 5.93. The maximum Gasteiger partial charge on any atom is 0.230 e. The zero-order valence-corrected chi connectivity index (χ0v) is 18.1. The van der Waals surface area contributed by atoms with Crippen LogP contribution < -0.4 is 0 Å². The molecule has 2 bridgehead atoms. The Morgan fingerprint density at radius 1 is 1.27 bits per heavy atom. The molecule has 1 aliphatic carbocycles. The largest absolute Gasteiger partial charge is 0.361 e. The van der Waals surface area contributed by atoms with Crippen LogP contribution in [-0.4, -0.2) is 58.1 Å². The molecule has 7 nitrogen and oxygen atoms in total. The monoisotopic (exact) mass is 413 g/mol. The van der Waals surface area contributed by atoms with Crippen molar-refractivity contribution < 1.29 is 18.8 Å². The van der Waals surface area contributed by atoms with Gasteiger partial charge in [0.2, 0.25) is 11.8 Å². The second-order valence-corrected chi connectivity index (χ2v) is 9.51. The van der Waals surface area contributed by atoms with E-state index in [1.165, 1.54) is 25.7 Å². The molecule has 0 aromatic carbocycles. The summed E-state index contributed by atoms with van der Waals surface area (Å²) in [6.45, 7) is 4.75. The maximum absolute atomic E-state index is 13.6. The third-order valence-corrected chi connectivity index (χ3v) is 7.63. The summed E-state index contributed by atoms with van der Waals surface area (Å²) >= 11 is 0. The summed E-state index contributed by atoms with van der Waals surface area (Å²) in [7, 11) is 1.79. The lowest BCUT2D eigenvalue weighted by Crippen LogP contribution is -2.45. The molecule has 7 heteroatoms. The number of hydrogen-bond donors (Lipinski definition) is 0. The van der Waals surface area contributed by atoms with Crippen molar-refractivity contribution in [3.63, 3.8) is 0 Å². The summed E-state index contributed by atoms with van der Waals surface area (Å²) < 4.78 is 11.6. The molecule has 3 fully saturated rings. The van der Waals surface area contributed by atoms with E-state index in [0.717, 1.165) is 29.9 Å². The van der Waals surface area contributed by atoms with Gasteiger partial charge in [-0.15, -0.1) is 0 Å². The standard InChI is InChI=1S/C23H31N3O4/c1-14-17(15(2)30-24-14)12-25(3)21(27)19-18-10-11-23(29-18)13-26(22(28)20(19)23)16-8-6-4-5-7-9-16/h10-11,16,18-20H,4-9,12-13H2,1-3H3/t18-,19+,20+,23-/m0/s1. The summed E-state index contributed by atoms with van der Waals surface area (Å²) in [4.78, 5) is 30.8. The van der Waals surface area contributed by atoms with Gasteiger partial charge in [-0.2, -0.15) is 0 Å². The number of nitrogens with zero attached hydrogens (tertiary/aromatic N) is 3. The van der Waals surface area contributed by atoms with Crippen LogP contribution in [-0.2, 0) is 20.9 Å². The van der Waals surface area contributed by atoms with Crippen LogP contribution in [0.1, 0.15) is 55.5 Å². The van der Waals surface area contributed by atoms with Crippen LogP contribution in [0, 0.1) is 25.7 Å². The van der Waals surface area contributed by atoms with Gasteiger partial charge < -0.3 is 19.1 Å². The molecule has 4 aliphatic rings. The molecule has 5 rings (SSSR count). The number of aromatic nitrogens is 1. The van der Waals surface area contributed by atoms with Gasteiger partial charge in [0.15, 0.2) is 0 Å². The van der Waals surface area contributed by atoms with Crippen LogP contribution >= 0.6 is 0 Å². The third kappa shape index (κ3) is 2.93. The lowest BCUT2D eigenvalue weighted by atomic mass is 9.76. The van der Waals surface area contributed by atoms with E-state index in [-0.39, 0.29) is 24.0 Å². The Balaban J connectivity index is 1.37. The van der Waals surface area contributed by atoms with Gasteiger partial charge in [-0.05, 0) is 26.7 Å². The van der Waals surface area contributed by atoms with Crippen molar-refractivity contribution in [2.45, 2.75) is 76.7 Å². The number of hydrogen-bond acceptors (Lipinski definition) is 5. The van der Waals surface area contributed by atoms with Crippen LogP contribution in [0.5, 0.6) is 0 Å². The number of aryl methyl sites for hydroxylation is 2. The van der Waals surface area contributed by atoms with Gasteiger partial charge in [0.25, 0.3) is 0 Å². The normalized spacial score (nSPS) is 33.2. The molecule has 0 unspecified atom stereocenters. The summed E-state index contributed by atoms with van der Waals surface area (Å²) in [5.41, 5.74) is 1.10. The molecule has 4 atom stereocenters. The first-order valence-electron chi connectivity index (χ1n) is 11.3. The predicted molar refractivity (Wildman–Crippen MR) is 109 cm³/mol. The van der Waals surface area contributed by atoms with E-state index >= 15 is 0 Å². The minimum Gasteiger partial charge on any atom is -0.361 e. The molecular weight excluding hydrogens is 382 g/mol. The molecule has 4 heterocycles. The Labute approximate surface area is 177 Å². The van der Waals surface area contributed by atoms with E-state index in [0.29, 0.717) is 13.1 Å². The number of fused-ring (bicyclic) bond motifs is 1. The summed E-state index contributed by atoms with van der Waals surface area (Å²) in [6, 6.07) is 0.284. The Morgan fingerprint density at radius 3 is 2.67 bits per heavy atom. The van der Waals surface area contributed by atoms with Gasteiger partial charge >= 0.3 is 0 Å². The first kappa shape index (κ1) is 19.8. The van der Waals surface area contributed by atoms with Crippen molar-refractivity contribution in [3.8, 4) is 0 Å². The highest BCUT2D eigenvalue weighted by Crippen LogP contribution is 2.53. The highest BCUT2D eigenvalue weighted by Gasteiger charge is 2.67. The van der Waals surface area contributed by atoms with Gasteiger partial charge in [0.1, 0.15) is 11.4 Å². The minimum absolute atomic E-state index is 0.0349. The molecule has 2 saturated heterocycles. The molecule has 0 radical (unpaired) electrons. The van der Waals surface area contributed by atoms with Gasteiger partial charge in [-0.25, -0.2) is 0 Å². The average Bonchev–Trinajstić information content (AvgIpc) is 3.38. The minimum atomic E-state index is -0.627. The van der Waals surface area contributed by atoms with E-state index in [1.54, 1.807) is 11.9 Å². The SMILES string of the molecule is Cc1noc(C)c1CN(C)C(=O)[C@@H]1[C@@H]2C=C[C@@]3(CN(C4CCCCCC4)C(=O)[C@@H]13)O2. The number of carbonyl (C=O) groups excluding carboxylic acids is 2. The number of likely N-dealkylation sites (tertiary alicyclic amines) is 1. The lowest BCUT2D eigenvalue weighted by Gasteiger charge is -2.30. The molecule has 0 N–H and O–H groups in total. The molecule has 1 saturated carbocycles. The fourth-order valence-electron chi connectivity index (χ4n) is 5.99. The third-order valence-electron chi connectivity index (χ3n) is 7.63. The molecule has 1 aromatic heterocycles. The van der Waals surface area contributed by atoms with Gasteiger partial charge in [0.05, 0.1) is 36.7 Å². The van der Waals surface area contributed by atoms with E-state index in [4.69, 9.17) is 9.26 Å². The topological polar surface area (TPSA) is 75.9 Å². The van der Waals surface area contributed by atoms with Crippen molar-refractivity contribution >= 4 is 11.8 Å². The predicted octanol–water partition coefficient (Wildman–Crippen LogP) is 2.75. The van der Waals surface area contributed by atoms with Gasteiger partial charge in [-0.1, -0.05) is 43.0 Å². The van der Waals surface area contributed by atoms with Crippen molar-refractivity contribution in [2.24, 2.45) is 11.8 Å². The van der Waals surface area contributed by atoms with Gasteiger partial charge in [-0.3, -0.25) is 9.59 Å². The molecule has 2 amide bonds. The quantitative estimate of drug-likeness (QED) is 0.560. The fraction of sp³-hybridized carbons (Fsp3) is 0.696. The Morgan fingerprint density at radius 2 is 2.00 bits per heavy atom. The summed E-state index contributed by atoms with van der Waals surface area (Å²) in [5, 5.41) is 3.99. The molecule has 162 valence electrons. The van der Waals surface area contributed by atoms with Crippen LogP contribution in [0.4, 0.5) is 0 Å². The first-order chi connectivity index (χ1) is 14.4. The van der Waals surface area contributed by atoms with Crippen LogP contribution in [0.2, 0.25) is 0 Å². The number of rotatable bonds is 4. The summed E-state index contributed by atoms with van der Waals surface area (Å²) in [5.74, 6) is -0.0616. The average molecular weight is 414 g/mol. The maximum atomic E-state index is 13.6. The van der Waals surface area contributed by atoms with Gasteiger partial charge in [0, 0.05) is 18.7 Å². The number of carbonyl (C=O) groups is 2. The van der Waals surface area contributed by atoms with E-state index in [2.05, 4.69) is 11.2 Å². The van der Waals surface area contributed by atoms with E-state index in [9.17, 15) is 9.59 Å². The van der Waals surface area contributed by atoms with Crippen LogP contribution in [0.25, 0.3) is 0 Å². The Hall–Kier alpha value is -2.15. The number of ether oxygens (including phenoxy) is 1. The molecule has 1 spiro atoms. The Bertz CT molecular complexity index is 866. The number of amides is 2. The van der Waals surface area contributed by atoms with E-state index < -0.39 is 17.4 Å². The van der Waals surface area contributed by atoms with Crippen molar-refractivity contribution in [3.05, 3.63) is 29.2 Å². The smallest absolute Gasteiger partial charge is 0.230 e. The van der Waals surface area contributed by atoms with Crippen molar-refractivity contribution in [1.29, 1.82) is 0 Å². The molecular formula is C23H31N3O4. The molecule has 3 aliphatic heterocycles. The Kier molecular flexibility index (Phi) is 4.76. The van der Waals surface area contributed by atoms with Crippen molar-refractivity contribution in [2.75, 3.05) is 13.6 Å². The first-order valence-corrected chi connectivity index (χ1v) is 11.3. The highest BCUT2D eigenvalue weighted by atomic mass is 16.5. The second-order valence-electron chi connectivity index (χ2n) is 9.51. The molecule has 30 heavy (non-hydrogen) atoms. The second kappa shape index (κ2) is 7.22. The van der Waals surface area contributed by atoms with Crippen LogP contribution in [0.15, 0.2) is 16.7 Å². The van der Waals surface area contributed by atoms with E-state index in [1.807, 2.05) is 24.8 Å². The summed E-state index contributed by atoms with van der Waals surface area (Å²) in [6.07, 6.45) is 10.7. The zero-order valence-electron chi connectivity index (χ0n) is 18.1. The lowest BCUT2D eigenvalue weighted by molar-refractivity contribution is -0.143. The fourth-order valence-corrected chi connectivity index (χ4v) is 5.99. The zero-order chi connectivity index (χ0) is 21.0. The van der Waals surface area contributed by atoms with Crippen molar-refractivity contribution in [1.82, 2.24) is 15.0 Å².